The van der Waals surface area contributed by atoms with Crippen LogP contribution in [0.2, 0.25) is 5.02 Å². The monoisotopic (exact) mass is 282 g/mol. The molecule has 1 fully saturated rings. The second-order valence-corrected chi connectivity index (χ2v) is 4.93. The van der Waals surface area contributed by atoms with Crippen molar-refractivity contribution in [3.63, 3.8) is 0 Å². The first-order valence-corrected chi connectivity index (χ1v) is 6.76. The van der Waals surface area contributed by atoms with Gasteiger partial charge in [0, 0.05) is 39.6 Å². The molecule has 5 nitrogen and oxygen atoms in total. The molecular formula is C13H19ClN4O. The van der Waals surface area contributed by atoms with Crippen LogP contribution in [0.15, 0.2) is 18.2 Å². The smallest absolute Gasteiger partial charge is 0.238 e. The first kappa shape index (κ1) is 14.3. The third-order valence-corrected chi connectivity index (χ3v) is 3.45. The molecule has 1 amide bonds. The summed E-state index contributed by atoms with van der Waals surface area (Å²) < 4.78 is 0. The van der Waals surface area contributed by atoms with E-state index in [1.165, 1.54) is 0 Å². The molecule has 1 aliphatic rings. The van der Waals surface area contributed by atoms with E-state index in [2.05, 4.69) is 5.32 Å². The summed E-state index contributed by atoms with van der Waals surface area (Å²) in [6.45, 7) is 5.29. The molecule has 0 aliphatic carbocycles. The van der Waals surface area contributed by atoms with Crippen molar-refractivity contribution in [3.05, 3.63) is 28.8 Å². The van der Waals surface area contributed by atoms with Gasteiger partial charge in [0.25, 0.3) is 0 Å². The molecule has 0 unspecified atom stereocenters. The zero-order valence-corrected chi connectivity index (χ0v) is 11.8. The normalized spacial score (nSPS) is 16.4. The molecule has 0 spiro atoms. The zero-order chi connectivity index (χ0) is 13.8. The Kier molecular flexibility index (Phi) is 4.76. The van der Waals surface area contributed by atoms with E-state index in [0.717, 1.165) is 31.7 Å². The van der Waals surface area contributed by atoms with Crippen LogP contribution in [0.25, 0.3) is 0 Å². The van der Waals surface area contributed by atoms with E-state index in [-0.39, 0.29) is 5.91 Å². The molecule has 0 aromatic heterocycles. The summed E-state index contributed by atoms with van der Waals surface area (Å²) in [7, 11) is 0. The molecule has 2 rings (SSSR count). The van der Waals surface area contributed by atoms with Gasteiger partial charge in [-0.05, 0) is 17.7 Å². The lowest BCUT2D eigenvalue weighted by Crippen LogP contribution is -2.54. The first-order valence-electron chi connectivity index (χ1n) is 6.38. The topological polar surface area (TPSA) is 61.6 Å². The van der Waals surface area contributed by atoms with Gasteiger partial charge in [0.1, 0.15) is 0 Å². The van der Waals surface area contributed by atoms with Crippen LogP contribution in [0.5, 0.6) is 0 Å². The van der Waals surface area contributed by atoms with Gasteiger partial charge in [-0.2, -0.15) is 0 Å². The van der Waals surface area contributed by atoms with Crippen LogP contribution < -0.4 is 16.1 Å². The summed E-state index contributed by atoms with van der Waals surface area (Å²) in [5.74, 6) is -0.0377. The zero-order valence-electron chi connectivity index (χ0n) is 11.0. The minimum Gasteiger partial charge on any atom is -0.326 e. The summed E-state index contributed by atoms with van der Waals surface area (Å²) in [6.07, 6.45) is 0. The number of hydrogen-bond donors (Lipinski definition) is 2. The van der Waals surface area contributed by atoms with Crippen LogP contribution in [-0.4, -0.2) is 37.1 Å². The predicted octanol–water partition coefficient (Wildman–Crippen LogP) is 0.972. The number of anilines is 1. The molecule has 1 aliphatic heterocycles. The minimum atomic E-state index is -0.0377. The average molecular weight is 283 g/mol. The van der Waals surface area contributed by atoms with Gasteiger partial charge in [-0.15, -0.1) is 0 Å². The Morgan fingerprint density at radius 3 is 2.68 bits per heavy atom. The molecule has 1 aromatic carbocycles. The number of hydrogen-bond acceptors (Lipinski definition) is 4. The van der Waals surface area contributed by atoms with E-state index in [9.17, 15) is 4.79 Å². The average Bonchev–Trinajstić information content (AvgIpc) is 2.41. The lowest BCUT2D eigenvalue weighted by Gasteiger charge is -2.37. The summed E-state index contributed by atoms with van der Waals surface area (Å²) in [4.78, 5) is 11.9. The predicted molar refractivity (Wildman–Crippen MR) is 76.9 cm³/mol. The molecule has 0 atom stereocenters. The number of nitrogens with zero attached hydrogens (tertiary/aromatic N) is 2. The molecule has 0 radical (unpaired) electrons. The van der Waals surface area contributed by atoms with Crippen LogP contribution in [-0.2, 0) is 11.3 Å². The Labute approximate surface area is 118 Å². The Bertz CT molecular complexity index is 460. The highest BCUT2D eigenvalue weighted by molar-refractivity contribution is 6.33. The summed E-state index contributed by atoms with van der Waals surface area (Å²) in [6, 6.07) is 5.57. The minimum absolute atomic E-state index is 0.0377. The Hall–Kier alpha value is -1.14. The van der Waals surface area contributed by atoms with Crippen molar-refractivity contribution >= 4 is 23.2 Å². The van der Waals surface area contributed by atoms with E-state index >= 15 is 0 Å². The number of benzene rings is 1. The van der Waals surface area contributed by atoms with E-state index < -0.39 is 0 Å². The van der Waals surface area contributed by atoms with Crippen LogP contribution in [0.1, 0.15) is 12.5 Å². The highest BCUT2D eigenvalue weighted by Crippen LogP contribution is 2.28. The standard InChI is InChI=1S/C13H19ClN4O/c1-10(19)18(17-6-4-16-5-7-17)13-3-2-11(9-15)8-12(13)14/h2-3,8,16H,4-7,9,15H2,1H3. The number of amides is 1. The van der Waals surface area contributed by atoms with Crippen molar-refractivity contribution in [2.45, 2.75) is 13.5 Å². The van der Waals surface area contributed by atoms with Crippen molar-refractivity contribution < 1.29 is 4.79 Å². The van der Waals surface area contributed by atoms with Crippen LogP contribution >= 0.6 is 11.6 Å². The van der Waals surface area contributed by atoms with Gasteiger partial charge in [-0.1, -0.05) is 17.7 Å². The number of carbonyl (C=O) groups excluding carboxylic acids is 1. The van der Waals surface area contributed by atoms with E-state index in [4.69, 9.17) is 17.3 Å². The lowest BCUT2D eigenvalue weighted by molar-refractivity contribution is -0.119. The Balaban J connectivity index is 2.30. The summed E-state index contributed by atoms with van der Waals surface area (Å²) in [5, 5.41) is 7.49. The van der Waals surface area contributed by atoms with Crippen molar-refractivity contribution in [2.75, 3.05) is 31.2 Å². The molecule has 0 bridgehead atoms. The number of halogens is 1. The molecule has 0 saturated carbocycles. The first-order chi connectivity index (χ1) is 9.13. The lowest BCUT2D eigenvalue weighted by atomic mass is 10.2. The number of carbonyl (C=O) groups is 1. The highest BCUT2D eigenvalue weighted by Gasteiger charge is 2.23. The number of nitrogens with one attached hydrogen (secondary N) is 1. The van der Waals surface area contributed by atoms with E-state index in [0.29, 0.717) is 17.3 Å². The molecule has 1 heterocycles. The van der Waals surface area contributed by atoms with Gasteiger partial charge in [0.15, 0.2) is 0 Å². The van der Waals surface area contributed by atoms with Gasteiger partial charge in [0.2, 0.25) is 5.91 Å². The second kappa shape index (κ2) is 6.34. The third-order valence-electron chi connectivity index (χ3n) is 3.15. The number of nitrogens with two attached hydrogens (primary N) is 1. The van der Waals surface area contributed by atoms with Crippen molar-refractivity contribution in [1.82, 2.24) is 10.3 Å². The molecule has 1 saturated heterocycles. The Morgan fingerprint density at radius 1 is 1.47 bits per heavy atom. The van der Waals surface area contributed by atoms with Crippen molar-refractivity contribution in [3.8, 4) is 0 Å². The van der Waals surface area contributed by atoms with Crippen LogP contribution in [0.4, 0.5) is 5.69 Å². The van der Waals surface area contributed by atoms with Crippen LogP contribution in [0.3, 0.4) is 0 Å². The van der Waals surface area contributed by atoms with Crippen molar-refractivity contribution in [2.24, 2.45) is 5.73 Å². The highest BCUT2D eigenvalue weighted by atomic mass is 35.5. The van der Waals surface area contributed by atoms with Gasteiger partial charge in [-0.25, -0.2) is 10.0 Å². The maximum atomic E-state index is 11.9. The number of piperazine rings is 1. The summed E-state index contributed by atoms with van der Waals surface area (Å²) >= 11 is 6.27. The third kappa shape index (κ3) is 3.25. The molecule has 6 heteroatoms. The molecule has 3 N–H and O–H groups in total. The fraction of sp³-hybridized carbons (Fsp3) is 0.462. The SMILES string of the molecule is CC(=O)N(c1ccc(CN)cc1Cl)N1CCNCC1. The van der Waals surface area contributed by atoms with Gasteiger partial charge in [-0.3, -0.25) is 4.79 Å². The fourth-order valence-electron chi connectivity index (χ4n) is 2.22. The Morgan fingerprint density at radius 2 is 2.16 bits per heavy atom. The maximum absolute atomic E-state index is 11.9. The maximum Gasteiger partial charge on any atom is 0.238 e. The van der Waals surface area contributed by atoms with Crippen molar-refractivity contribution in [1.29, 1.82) is 0 Å². The second-order valence-electron chi connectivity index (χ2n) is 4.52. The number of hydrazine groups is 1. The molecule has 104 valence electrons. The van der Waals surface area contributed by atoms with Gasteiger partial charge < -0.3 is 11.1 Å². The molecule has 1 aromatic rings. The molecule has 19 heavy (non-hydrogen) atoms. The van der Waals surface area contributed by atoms with E-state index in [1.807, 2.05) is 23.2 Å². The quantitative estimate of drug-likeness (QED) is 0.867. The fourth-order valence-corrected chi connectivity index (χ4v) is 2.51. The molecular weight excluding hydrogens is 264 g/mol. The van der Waals surface area contributed by atoms with E-state index in [1.54, 1.807) is 11.9 Å². The largest absolute Gasteiger partial charge is 0.326 e. The van der Waals surface area contributed by atoms with Gasteiger partial charge >= 0.3 is 0 Å². The summed E-state index contributed by atoms with van der Waals surface area (Å²) in [5.41, 5.74) is 7.26. The van der Waals surface area contributed by atoms with Gasteiger partial charge in [0.05, 0.1) is 10.7 Å². The van der Waals surface area contributed by atoms with Crippen LogP contribution in [0, 0.1) is 0 Å². The number of rotatable bonds is 3.